The van der Waals surface area contributed by atoms with Crippen LogP contribution in [0.25, 0.3) is 0 Å². The zero-order valence-electron chi connectivity index (χ0n) is 11.3. The Bertz CT molecular complexity index is 637. The van der Waals surface area contributed by atoms with Crippen molar-refractivity contribution in [2.24, 2.45) is 0 Å². The number of amides is 1. The summed E-state index contributed by atoms with van der Waals surface area (Å²) in [7, 11) is 0. The molecule has 0 saturated heterocycles. The van der Waals surface area contributed by atoms with Crippen molar-refractivity contribution in [1.29, 1.82) is 0 Å². The quantitative estimate of drug-likeness (QED) is 0.777. The van der Waals surface area contributed by atoms with E-state index in [2.05, 4.69) is 20.4 Å². The minimum atomic E-state index is -1.05. The zero-order chi connectivity index (χ0) is 15.2. The van der Waals surface area contributed by atoms with Crippen molar-refractivity contribution in [3.63, 3.8) is 0 Å². The number of hydrogen-bond donors (Lipinski definition) is 2. The molecule has 2 heterocycles. The van der Waals surface area contributed by atoms with Crippen molar-refractivity contribution in [2.75, 3.05) is 6.54 Å². The van der Waals surface area contributed by atoms with Gasteiger partial charge in [-0.25, -0.2) is 9.78 Å². The molecular weight excluding hydrogens is 296 g/mol. The van der Waals surface area contributed by atoms with Crippen LogP contribution in [-0.2, 0) is 17.6 Å². The van der Waals surface area contributed by atoms with Crippen LogP contribution in [0, 0.1) is 6.92 Å². The first-order valence-corrected chi connectivity index (χ1v) is 7.16. The first-order chi connectivity index (χ1) is 10.0. The molecule has 9 heteroatoms. The topological polar surface area (TPSA) is 118 Å². The molecule has 0 radical (unpaired) electrons. The smallest absolute Gasteiger partial charge is 0.355 e. The number of aryl methyl sites for hydroxylation is 2. The maximum atomic E-state index is 11.6. The van der Waals surface area contributed by atoms with Gasteiger partial charge in [-0.2, -0.15) is 4.98 Å². The molecular formula is C12H14N4O4S. The van der Waals surface area contributed by atoms with Crippen LogP contribution < -0.4 is 5.32 Å². The van der Waals surface area contributed by atoms with E-state index in [4.69, 9.17) is 9.63 Å². The molecule has 0 aliphatic rings. The minimum Gasteiger partial charge on any atom is -0.476 e. The number of aromatic carboxylic acids is 1. The molecule has 0 aromatic carbocycles. The van der Waals surface area contributed by atoms with Gasteiger partial charge in [-0.1, -0.05) is 5.16 Å². The Labute approximate surface area is 124 Å². The van der Waals surface area contributed by atoms with E-state index in [1.54, 1.807) is 6.92 Å². The number of nitrogens with one attached hydrogen (secondary N) is 1. The Morgan fingerprint density at radius 2 is 2.19 bits per heavy atom. The summed E-state index contributed by atoms with van der Waals surface area (Å²) in [5.41, 5.74) is 0.0353. The van der Waals surface area contributed by atoms with Crippen LogP contribution in [-0.4, -0.2) is 38.7 Å². The van der Waals surface area contributed by atoms with E-state index in [1.807, 2.05) is 0 Å². The van der Waals surface area contributed by atoms with Crippen molar-refractivity contribution in [1.82, 2.24) is 20.4 Å². The van der Waals surface area contributed by atoms with E-state index >= 15 is 0 Å². The number of carboxylic acids is 1. The lowest BCUT2D eigenvalue weighted by Gasteiger charge is -2.02. The second-order valence-electron chi connectivity index (χ2n) is 4.27. The number of carbonyl (C=O) groups excluding carboxylic acids is 1. The molecule has 0 saturated carbocycles. The second kappa shape index (κ2) is 6.93. The number of carboxylic acid groups (broad SMARTS) is 1. The average Bonchev–Trinajstić information content (AvgIpc) is 3.05. The summed E-state index contributed by atoms with van der Waals surface area (Å²) < 4.78 is 4.91. The first-order valence-electron chi connectivity index (χ1n) is 6.28. The predicted octanol–water partition coefficient (Wildman–Crippen LogP) is 0.824. The van der Waals surface area contributed by atoms with Gasteiger partial charge in [0.2, 0.25) is 11.8 Å². The molecule has 2 aromatic heterocycles. The van der Waals surface area contributed by atoms with Gasteiger partial charge in [-0.05, 0) is 6.92 Å². The zero-order valence-corrected chi connectivity index (χ0v) is 12.1. The van der Waals surface area contributed by atoms with Crippen molar-refractivity contribution < 1.29 is 19.2 Å². The minimum absolute atomic E-state index is 0.0353. The van der Waals surface area contributed by atoms with Gasteiger partial charge < -0.3 is 14.9 Å². The maximum Gasteiger partial charge on any atom is 0.355 e. The molecule has 21 heavy (non-hydrogen) atoms. The van der Waals surface area contributed by atoms with E-state index in [0.29, 0.717) is 36.1 Å². The van der Waals surface area contributed by atoms with E-state index < -0.39 is 5.97 Å². The number of carbonyl (C=O) groups is 2. The molecule has 112 valence electrons. The lowest BCUT2D eigenvalue weighted by Crippen LogP contribution is -2.25. The normalized spacial score (nSPS) is 10.5. The number of aromatic nitrogens is 3. The van der Waals surface area contributed by atoms with E-state index in [9.17, 15) is 9.59 Å². The molecule has 0 unspecified atom stereocenters. The molecule has 2 aromatic rings. The molecule has 2 N–H and O–H groups in total. The SMILES string of the molecule is Cc1noc(CCC(=O)NCCc2nc(C(=O)O)cs2)n1. The van der Waals surface area contributed by atoms with Gasteiger partial charge in [0.1, 0.15) is 0 Å². The Hall–Kier alpha value is -2.29. The number of nitrogens with zero attached hydrogens (tertiary/aromatic N) is 3. The number of rotatable bonds is 7. The highest BCUT2D eigenvalue weighted by Crippen LogP contribution is 2.09. The standard InChI is InChI=1S/C12H14N4O4S/c1-7-14-10(20-16-7)3-2-9(17)13-5-4-11-15-8(6-21-11)12(18)19/h6H,2-5H2,1H3,(H,13,17)(H,18,19). The van der Waals surface area contributed by atoms with Crippen molar-refractivity contribution in [3.8, 4) is 0 Å². The summed E-state index contributed by atoms with van der Waals surface area (Å²) in [4.78, 5) is 30.2. The summed E-state index contributed by atoms with van der Waals surface area (Å²) in [6.45, 7) is 2.13. The lowest BCUT2D eigenvalue weighted by atomic mass is 10.3. The average molecular weight is 310 g/mol. The Morgan fingerprint density at radius 3 is 2.81 bits per heavy atom. The van der Waals surface area contributed by atoms with E-state index in [0.717, 1.165) is 0 Å². The van der Waals surface area contributed by atoms with Crippen LogP contribution in [0.4, 0.5) is 0 Å². The molecule has 0 bridgehead atoms. The molecule has 0 fully saturated rings. The van der Waals surface area contributed by atoms with Crippen LogP contribution >= 0.6 is 11.3 Å². The van der Waals surface area contributed by atoms with Gasteiger partial charge in [-0.15, -0.1) is 11.3 Å². The van der Waals surface area contributed by atoms with Crippen LogP contribution in [0.3, 0.4) is 0 Å². The third-order valence-corrected chi connectivity index (χ3v) is 3.48. The molecule has 0 aliphatic heterocycles. The molecule has 0 spiro atoms. The predicted molar refractivity (Wildman–Crippen MR) is 73.1 cm³/mol. The molecule has 2 rings (SSSR count). The fourth-order valence-corrected chi connectivity index (χ4v) is 2.36. The van der Waals surface area contributed by atoms with Gasteiger partial charge in [0, 0.05) is 31.2 Å². The number of hydrogen-bond acceptors (Lipinski definition) is 7. The highest BCUT2D eigenvalue weighted by molar-refractivity contribution is 7.09. The first kappa shape index (κ1) is 15.1. The van der Waals surface area contributed by atoms with Gasteiger partial charge >= 0.3 is 5.97 Å². The third kappa shape index (κ3) is 4.63. The van der Waals surface area contributed by atoms with Gasteiger partial charge in [0.25, 0.3) is 0 Å². The third-order valence-electron chi connectivity index (χ3n) is 2.57. The van der Waals surface area contributed by atoms with Crippen molar-refractivity contribution >= 4 is 23.2 Å². The Balaban J connectivity index is 1.67. The summed E-state index contributed by atoms with van der Waals surface area (Å²) in [6.07, 6.45) is 1.16. The number of thiazole rings is 1. The van der Waals surface area contributed by atoms with Gasteiger partial charge in [0.05, 0.1) is 5.01 Å². The second-order valence-corrected chi connectivity index (χ2v) is 5.21. The highest BCUT2D eigenvalue weighted by atomic mass is 32.1. The summed E-state index contributed by atoms with van der Waals surface area (Å²) in [5.74, 6) is -0.186. The summed E-state index contributed by atoms with van der Waals surface area (Å²) >= 11 is 1.27. The van der Waals surface area contributed by atoms with E-state index in [-0.39, 0.29) is 18.0 Å². The maximum absolute atomic E-state index is 11.6. The monoisotopic (exact) mass is 310 g/mol. The fourth-order valence-electron chi connectivity index (χ4n) is 1.58. The Morgan fingerprint density at radius 1 is 1.38 bits per heavy atom. The largest absolute Gasteiger partial charge is 0.476 e. The molecule has 0 aliphatic carbocycles. The Kier molecular flexibility index (Phi) is 4.99. The molecule has 0 atom stereocenters. The van der Waals surface area contributed by atoms with Gasteiger partial charge in [-0.3, -0.25) is 4.79 Å². The van der Waals surface area contributed by atoms with Crippen LogP contribution in [0.5, 0.6) is 0 Å². The fraction of sp³-hybridized carbons (Fsp3) is 0.417. The summed E-state index contributed by atoms with van der Waals surface area (Å²) in [5, 5.41) is 17.3. The van der Waals surface area contributed by atoms with Crippen LogP contribution in [0.1, 0.15) is 33.6 Å². The van der Waals surface area contributed by atoms with E-state index in [1.165, 1.54) is 16.7 Å². The van der Waals surface area contributed by atoms with Crippen LogP contribution in [0.15, 0.2) is 9.90 Å². The van der Waals surface area contributed by atoms with Gasteiger partial charge in [0.15, 0.2) is 11.5 Å². The summed E-state index contributed by atoms with van der Waals surface area (Å²) in [6, 6.07) is 0. The molecule has 8 nitrogen and oxygen atoms in total. The molecule has 1 amide bonds. The van der Waals surface area contributed by atoms with Crippen molar-refractivity contribution in [3.05, 3.63) is 27.8 Å². The highest BCUT2D eigenvalue weighted by Gasteiger charge is 2.10. The van der Waals surface area contributed by atoms with Crippen molar-refractivity contribution in [2.45, 2.75) is 26.2 Å². The van der Waals surface area contributed by atoms with Crippen LogP contribution in [0.2, 0.25) is 0 Å². The lowest BCUT2D eigenvalue weighted by molar-refractivity contribution is -0.121.